The van der Waals surface area contributed by atoms with E-state index < -0.39 is 0 Å². The molecule has 0 spiro atoms. The van der Waals surface area contributed by atoms with Gasteiger partial charge in [-0.1, -0.05) is 31.5 Å². The number of guanidine groups is 1. The lowest BCUT2D eigenvalue weighted by Gasteiger charge is -2.23. The number of para-hydroxylation sites is 1. The Kier molecular flexibility index (Phi) is 13.5. The zero-order chi connectivity index (χ0) is 19.4. The first kappa shape index (κ1) is 26.0. The van der Waals surface area contributed by atoms with E-state index in [1.165, 1.54) is 0 Å². The van der Waals surface area contributed by atoms with Crippen molar-refractivity contribution in [1.82, 2.24) is 10.6 Å². The third-order valence-corrected chi connectivity index (χ3v) is 3.93. The molecule has 0 saturated carbocycles. The molecule has 0 aliphatic heterocycles. The zero-order valence-corrected chi connectivity index (χ0v) is 19.9. The normalized spacial score (nSPS) is 12.9. The number of hydrogen-bond acceptors (Lipinski definition) is 3. The summed E-state index contributed by atoms with van der Waals surface area (Å²) >= 11 is 0. The van der Waals surface area contributed by atoms with Gasteiger partial charge in [-0.05, 0) is 52.5 Å². The van der Waals surface area contributed by atoms with Crippen molar-refractivity contribution in [3.8, 4) is 5.75 Å². The number of aliphatic imine (C=N–C) groups is 1. The fourth-order valence-electron chi connectivity index (χ4n) is 2.75. The highest BCUT2D eigenvalue weighted by atomic mass is 127. The molecule has 0 heterocycles. The topological polar surface area (TPSA) is 65.9 Å². The summed E-state index contributed by atoms with van der Waals surface area (Å²) in [5, 5.41) is 15.9. The van der Waals surface area contributed by atoms with Gasteiger partial charge in [0.25, 0.3) is 0 Å². The van der Waals surface area contributed by atoms with Crippen molar-refractivity contribution in [2.75, 3.05) is 19.7 Å². The van der Waals surface area contributed by atoms with Gasteiger partial charge in [0.05, 0.1) is 6.54 Å². The minimum atomic E-state index is -0.236. The molecule has 0 aliphatic rings. The van der Waals surface area contributed by atoms with Crippen LogP contribution < -0.4 is 15.4 Å². The number of aliphatic hydroxyl groups is 1. The van der Waals surface area contributed by atoms with Crippen LogP contribution in [-0.2, 0) is 6.54 Å². The van der Waals surface area contributed by atoms with Crippen molar-refractivity contribution in [2.45, 2.75) is 66.0 Å². The summed E-state index contributed by atoms with van der Waals surface area (Å²) in [6.07, 6.45) is 3.05. The molecule has 0 saturated heterocycles. The Bertz CT molecular complexity index is 538. The molecule has 1 aromatic rings. The molecule has 1 rings (SSSR count). The van der Waals surface area contributed by atoms with Crippen LogP contribution in [0.3, 0.4) is 0 Å². The average Bonchev–Trinajstić information content (AvgIpc) is 2.57. The van der Waals surface area contributed by atoms with Gasteiger partial charge in [-0.3, -0.25) is 0 Å². The largest absolute Gasteiger partial charge is 0.488 e. The number of aliphatic hydroxyl groups excluding tert-OH is 1. The number of nitrogens with zero attached hydrogens (tertiary/aromatic N) is 1. The minimum Gasteiger partial charge on any atom is -0.488 e. The predicted molar refractivity (Wildman–Crippen MR) is 125 cm³/mol. The Morgan fingerprint density at radius 3 is 2.44 bits per heavy atom. The van der Waals surface area contributed by atoms with E-state index in [0.29, 0.717) is 12.5 Å². The quantitative estimate of drug-likeness (QED) is 0.259. The van der Waals surface area contributed by atoms with E-state index in [1.807, 2.05) is 39.0 Å². The van der Waals surface area contributed by atoms with Crippen LogP contribution in [0.25, 0.3) is 0 Å². The van der Waals surface area contributed by atoms with Gasteiger partial charge in [-0.15, -0.1) is 24.0 Å². The molecule has 0 aliphatic carbocycles. The van der Waals surface area contributed by atoms with Gasteiger partial charge < -0.3 is 20.5 Å². The monoisotopic (exact) mass is 491 g/mol. The summed E-state index contributed by atoms with van der Waals surface area (Å²) in [6, 6.07) is 8.05. The van der Waals surface area contributed by atoms with Crippen molar-refractivity contribution in [3.63, 3.8) is 0 Å². The summed E-state index contributed by atoms with van der Waals surface area (Å²) in [5.74, 6) is 2.14. The summed E-state index contributed by atoms with van der Waals surface area (Å²) in [6.45, 7) is 12.8. The van der Waals surface area contributed by atoms with E-state index in [2.05, 4.69) is 30.5 Å². The molecule has 0 fully saturated rings. The van der Waals surface area contributed by atoms with Gasteiger partial charge in [-0.2, -0.15) is 0 Å². The molecule has 6 heteroatoms. The second-order valence-electron chi connectivity index (χ2n) is 7.57. The van der Waals surface area contributed by atoms with Crippen molar-refractivity contribution in [2.24, 2.45) is 10.9 Å². The highest BCUT2D eigenvalue weighted by molar-refractivity contribution is 14.0. The molecule has 0 bridgehead atoms. The fourth-order valence-corrected chi connectivity index (χ4v) is 2.75. The van der Waals surface area contributed by atoms with Crippen molar-refractivity contribution in [1.29, 1.82) is 0 Å². The maximum Gasteiger partial charge on any atom is 0.191 e. The second kappa shape index (κ2) is 14.0. The number of nitrogens with one attached hydrogen (secondary N) is 2. The molecule has 0 radical (unpaired) electrons. The van der Waals surface area contributed by atoms with Crippen molar-refractivity contribution >= 4 is 29.9 Å². The number of halogens is 1. The number of ether oxygens (including phenoxy) is 1. The smallest absolute Gasteiger partial charge is 0.191 e. The SMILES string of the molecule is CCCC(CCO)CNC(=NCc1ccccc1OC(C)(C)C)NCC.I. The molecule has 156 valence electrons. The molecule has 0 aromatic heterocycles. The van der Waals surface area contributed by atoms with E-state index in [1.54, 1.807) is 0 Å². The lowest BCUT2D eigenvalue weighted by atomic mass is 10.0. The van der Waals surface area contributed by atoms with Crippen LogP contribution in [0.4, 0.5) is 0 Å². The molecule has 1 atom stereocenters. The van der Waals surface area contributed by atoms with E-state index in [0.717, 1.165) is 49.6 Å². The van der Waals surface area contributed by atoms with E-state index in [9.17, 15) is 5.11 Å². The minimum absolute atomic E-state index is 0. The Balaban J connectivity index is 0.00000676. The molecule has 5 nitrogen and oxygen atoms in total. The van der Waals surface area contributed by atoms with Gasteiger partial charge in [0.15, 0.2) is 5.96 Å². The van der Waals surface area contributed by atoms with Gasteiger partial charge in [0.2, 0.25) is 0 Å². The highest BCUT2D eigenvalue weighted by Gasteiger charge is 2.14. The first-order chi connectivity index (χ1) is 12.4. The molecular weight excluding hydrogens is 453 g/mol. The standard InChI is InChI=1S/C21H37N3O2.HI/c1-6-10-17(13-14-25)15-23-20(22-7-2)24-16-18-11-8-9-12-19(18)26-21(3,4)5;/h8-9,11-12,17,25H,6-7,10,13-16H2,1-5H3,(H2,22,23,24);1H. The third-order valence-electron chi connectivity index (χ3n) is 3.93. The maximum atomic E-state index is 9.22. The van der Waals surface area contributed by atoms with Crippen molar-refractivity contribution in [3.05, 3.63) is 29.8 Å². The lowest BCUT2D eigenvalue weighted by molar-refractivity contribution is 0.129. The summed E-state index contributed by atoms with van der Waals surface area (Å²) in [5.41, 5.74) is 0.834. The van der Waals surface area contributed by atoms with Crippen LogP contribution in [0.15, 0.2) is 29.3 Å². The summed E-state index contributed by atoms with van der Waals surface area (Å²) in [4.78, 5) is 4.72. The zero-order valence-electron chi connectivity index (χ0n) is 17.5. The molecule has 1 unspecified atom stereocenters. The maximum absolute atomic E-state index is 9.22. The first-order valence-corrected chi connectivity index (χ1v) is 9.79. The highest BCUT2D eigenvalue weighted by Crippen LogP contribution is 2.23. The first-order valence-electron chi connectivity index (χ1n) is 9.79. The van der Waals surface area contributed by atoms with E-state index in [-0.39, 0.29) is 36.2 Å². The van der Waals surface area contributed by atoms with Crippen LogP contribution in [0.2, 0.25) is 0 Å². The number of benzene rings is 1. The average molecular weight is 491 g/mol. The van der Waals surface area contributed by atoms with Crippen LogP contribution >= 0.6 is 24.0 Å². The van der Waals surface area contributed by atoms with Crippen molar-refractivity contribution < 1.29 is 9.84 Å². The Hall–Kier alpha value is -1.02. The van der Waals surface area contributed by atoms with Gasteiger partial charge in [0.1, 0.15) is 11.4 Å². The summed E-state index contributed by atoms with van der Waals surface area (Å²) < 4.78 is 6.05. The molecule has 0 amide bonds. The van der Waals surface area contributed by atoms with Crippen LogP contribution in [0, 0.1) is 5.92 Å². The predicted octanol–water partition coefficient (Wildman–Crippen LogP) is 4.34. The lowest BCUT2D eigenvalue weighted by Crippen LogP contribution is -2.40. The summed E-state index contributed by atoms with van der Waals surface area (Å²) in [7, 11) is 0. The van der Waals surface area contributed by atoms with Crippen LogP contribution in [-0.4, -0.2) is 36.4 Å². The van der Waals surface area contributed by atoms with Gasteiger partial charge in [-0.25, -0.2) is 4.99 Å². The Morgan fingerprint density at radius 2 is 1.85 bits per heavy atom. The van der Waals surface area contributed by atoms with E-state index in [4.69, 9.17) is 9.73 Å². The molecule has 3 N–H and O–H groups in total. The fraction of sp³-hybridized carbons (Fsp3) is 0.667. The Morgan fingerprint density at radius 1 is 1.15 bits per heavy atom. The van der Waals surface area contributed by atoms with Crippen LogP contribution in [0.1, 0.15) is 59.4 Å². The Labute approximate surface area is 182 Å². The number of hydrogen-bond donors (Lipinski definition) is 3. The van der Waals surface area contributed by atoms with E-state index >= 15 is 0 Å². The van der Waals surface area contributed by atoms with Gasteiger partial charge >= 0.3 is 0 Å². The number of rotatable bonds is 10. The molecular formula is C21H38IN3O2. The van der Waals surface area contributed by atoms with Crippen LogP contribution in [0.5, 0.6) is 5.75 Å². The third kappa shape index (κ3) is 11.4. The molecule has 1 aromatic carbocycles. The second-order valence-corrected chi connectivity index (χ2v) is 7.57. The van der Waals surface area contributed by atoms with Gasteiger partial charge in [0, 0.05) is 25.3 Å². The molecule has 27 heavy (non-hydrogen) atoms.